The van der Waals surface area contributed by atoms with Gasteiger partial charge in [-0.1, -0.05) is 6.07 Å². The second-order valence-electron chi connectivity index (χ2n) is 6.48. The first-order chi connectivity index (χ1) is 14.4. The number of fused-ring (bicyclic) bond motifs is 1. The topological polar surface area (TPSA) is 77.8 Å². The molecule has 0 aliphatic rings. The van der Waals surface area contributed by atoms with E-state index in [2.05, 4.69) is 25.3 Å². The molecule has 0 saturated heterocycles. The molecule has 0 spiro atoms. The molecule has 0 saturated carbocycles. The molecular formula is C20H17F3N6O. The van der Waals surface area contributed by atoms with Crippen molar-refractivity contribution < 1.29 is 17.9 Å². The van der Waals surface area contributed by atoms with E-state index in [1.165, 1.54) is 31.6 Å². The molecule has 3 heterocycles. The Morgan fingerprint density at radius 1 is 1.10 bits per heavy atom. The van der Waals surface area contributed by atoms with Crippen LogP contribution in [0, 0.1) is 6.92 Å². The van der Waals surface area contributed by atoms with E-state index < -0.39 is 12.0 Å². The number of methoxy groups -OCH3 is 1. The van der Waals surface area contributed by atoms with Gasteiger partial charge in [0.2, 0.25) is 5.82 Å². The van der Waals surface area contributed by atoms with E-state index in [-0.39, 0.29) is 16.9 Å². The van der Waals surface area contributed by atoms with Crippen molar-refractivity contribution in [2.45, 2.75) is 19.6 Å². The number of rotatable bonds is 5. The summed E-state index contributed by atoms with van der Waals surface area (Å²) in [5.74, 6) is -0.235. The lowest BCUT2D eigenvalue weighted by Crippen LogP contribution is -2.15. The number of alkyl halides is 3. The van der Waals surface area contributed by atoms with E-state index >= 15 is 0 Å². The van der Waals surface area contributed by atoms with Gasteiger partial charge < -0.3 is 10.1 Å². The minimum absolute atomic E-state index is 0.00110. The van der Waals surface area contributed by atoms with Crippen molar-refractivity contribution in [3.8, 4) is 11.6 Å². The third-order valence-electron chi connectivity index (χ3n) is 4.56. The predicted molar refractivity (Wildman–Crippen MR) is 105 cm³/mol. The van der Waals surface area contributed by atoms with Crippen molar-refractivity contribution in [2.75, 3.05) is 12.4 Å². The minimum Gasteiger partial charge on any atom is -0.497 e. The zero-order chi connectivity index (χ0) is 21.3. The van der Waals surface area contributed by atoms with E-state index in [9.17, 15) is 13.2 Å². The number of nitrogens with one attached hydrogen (secondary N) is 1. The number of hydrogen-bond acceptors (Lipinski definition) is 6. The van der Waals surface area contributed by atoms with Gasteiger partial charge in [0.25, 0.3) is 0 Å². The van der Waals surface area contributed by atoms with E-state index in [0.29, 0.717) is 18.1 Å². The molecular weight excluding hydrogens is 397 g/mol. The largest absolute Gasteiger partial charge is 0.497 e. The lowest BCUT2D eigenvalue weighted by atomic mass is 10.2. The van der Waals surface area contributed by atoms with Crippen LogP contribution in [0.1, 0.15) is 17.1 Å². The fraction of sp³-hybridized carbons (Fsp3) is 0.200. The van der Waals surface area contributed by atoms with Crippen molar-refractivity contribution in [3.63, 3.8) is 0 Å². The number of imidazole rings is 1. The number of ether oxygens (including phenoxy) is 1. The summed E-state index contributed by atoms with van der Waals surface area (Å²) in [6, 6.07) is 8.27. The van der Waals surface area contributed by atoms with E-state index in [0.717, 1.165) is 15.8 Å². The summed E-state index contributed by atoms with van der Waals surface area (Å²) in [5, 5.41) is 3.09. The molecule has 0 atom stereocenters. The first-order valence-electron chi connectivity index (χ1n) is 8.97. The zero-order valence-electron chi connectivity index (χ0n) is 16.1. The maximum absolute atomic E-state index is 13.6. The second-order valence-corrected chi connectivity index (χ2v) is 6.48. The molecule has 0 aliphatic heterocycles. The third kappa shape index (κ3) is 3.76. The first kappa shape index (κ1) is 19.6. The SMILES string of the molecule is COc1ccc2nc(C(F)(F)F)n(-c3cnc(NCc4cccnc4C)cn3)c2c1. The Labute approximate surface area is 169 Å². The highest BCUT2D eigenvalue weighted by Crippen LogP contribution is 2.34. The zero-order valence-corrected chi connectivity index (χ0v) is 16.1. The molecule has 0 radical (unpaired) electrons. The van der Waals surface area contributed by atoms with Crippen LogP contribution in [0.15, 0.2) is 48.9 Å². The molecule has 0 amide bonds. The number of aryl methyl sites for hydroxylation is 1. The minimum atomic E-state index is -4.66. The molecule has 30 heavy (non-hydrogen) atoms. The van der Waals surface area contributed by atoms with Gasteiger partial charge in [-0.05, 0) is 30.7 Å². The lowest BCUT2D eigenvalue weighted by molar-refractivity contribution is -0.145. The number of anilines is 1. The van der Waals surface area contributed by atoms with Gasteiger partial charge >= 0.3 is 6.18 Å². The molecule has 0 unspecified atom stereocenters. The van der Waals surface area contributed by atoms with Gasteiger partial charge in [-0.3, -0.25) is 9.55 Å². The molecule has 10 heteroatoms. The predicted octanol–water partition coefficient (Wildman–Crippen LogP) is 4.16. The average Bonchev–Trinajstić information content (AvgIpc) is 3.13. The summed E-state index contributed by atoms with van der Waals surface area (Å²) in [6.45, 7) is 2.36. The van der Waals surface area contributed by atoms with Gasteiger partial charge in [0.1, 0.15) is 11.6 Å². The monoisotopic (exact) mass is 414 g/mol. The van der Waals surface area contributed by atoms with Gasteiger partial charge in [-0.25, -0.2) is 15.0 Å². The van der Waals surface area contributed by atoms with Gasteiger partial charge in [0.15, 0.2) is 5.82 Å². The molecule has 0 aliphatic carbocycles. The number of aromatic nitrogens is 5. The summed E-state index contributed by atoms with van der Waals surface area (Å²) in [4.78, 5) is 16.3. The molecule has 7 nitrogen and oxygen atoms in total. The summed E-state index contributed by atoms with van der Waals surface area (Å²) in [6.07, 6.45) is -0.305. The van der Waals surface area contributed by atoms with Crippen LogP contribution in [0.3, 0.4) is 0 Å². The van der Waals surface area contributed by atoms with Gasteiger partial charge in [-0.2, -0.15) is 13.2 Å². The van der Waals surface area contributed by atoms with Crippen LogP contribution in [0.4, 0.5) is 19.0 Å². The van der Waals surface area contributed by atoms with Gasteiger partial charge in [0.05, 0.1) is 30.5 Å². The molecule has 0 bridgehead atoms. The number of pyridine rings is 1. The van der Waals surface area contributed by atoms with Crippen molar-refractivity contribution in [2.24, 2.45) is 0 Å². The Kier molecular flexibility index (Phi) is 4.98. The molecule has 0 fully saturated rings. The third-order valence-corrected chi connectivity index (χ3v) is 4.56. The smallest absolute Gasteiger partial charge is 0.450 e. The average molecular weight is 414 g/mol. The highest BCUT2D eigenvalue weighted by molar-refractivity contribution is 5.79. The first-order valence-corrected chi connectivity index (χ1v) is 8.97. The standard InChI is InChI=1S/C20H17F3N6O/c1-12-13(4-3-7-24-12)9-25-17-10-27-18(11-26-17)29-16-8-14(30-2)5-6-15(16)28-19(29)20(21,22)23/h3-8,10-11H,9H2,1-2H3,(H,25,26). The number of hydrogen-bond donors (Lipinski definition) is 1. The van der Waals surface area contributed by atoms with Crippen LogP contribution < -0.4 is 10.1 Å². The molecule has 1 N–H and O–H groups in total. The summed E-state index contributed by atoms with van der Waals surface area (Å²) in [5.41, 5.74) is 2.26. The van der Waals surface area contributed by atoms with E-state index in [1.807, 2.05) is 19.1 Å². The van der Waals surface area contributed by atoms with Crippen LogP contribution >= 0.6 is 0 Å². The van der Waals surface area contributed by atoms with Gasteiger partial charge in [-0.15, -0.1) is 0 Å². The van der Waals surface area contributed by atoms with Crippen molar-refractivity contribution >= 4 is 16.9 Å². The maximum atomic E-state index is 13.6. The van der Waals surface area contributed by atoms with Crippen LogP contribution in [0.5, 0.6) is 5.75 Å². The van der Waals surface area contributed by atoms with Crippen LogP contribution in [-0.2, 0) is 12.7 Å². The van der Waals surface area contributed by atoms with E-state index in [1.54, 1.807) is 12.3 Å². The molecule has 1 aromatic carbocycles. The number of halogens is 3. The van der Waals surface area contributed by atoms with Gasteiger partial charge in [0, 0.05) is 24.5 Å². The Hall–Kier alpha value is -3.69. The quantitative estimate of drug-likeness (QED) is 0.529. The second kappa shape index (κ2) is 7.62. The summed E-state index contributed by atoms with van der Waals surface area (Å²) < 4.78 is 46.9. The lowest BCUT2D eigenvalue weighted by Gasteiger charge is -2.12. The molecule has 4 aromatic rings. The van der Waals surface area contributed by atoms with Crippen LogP contribution in [0.2, 0.25) is 0 Å². The molecule has 154 valence electrons. The van der Waals surface area contributed by atoms with Crippen molar-refractivity contribution in [1.29, 1.82) is 0 Å². The fourth-order valence-corrected chi connectivity index (χ4v) is 3.02. The molecule has 3 aromatic heterocycles. The maximum Gasteiger partial charge on any atom is 0.450 e. The number of benzene rings is 1. The molecule has 4 rings (SSSR count). The van der Waals surface area contributed by atoms with Crippen molar-refractivity contribution in [3.05, 3.63) is 66.0 Å². The normalized spacial score (nSPS) is 11.6. The Balaban J connectivity index is 1.69. The number of nitrogens with zero attached hydrogens (tertiary/aromatic N) is 5. The highest BCUT2D eigenvalue weighted by Gasteiger charge is 2.38. The Morgan fingerprint density at radius 2 is 1.93 bits per heavy atom. The Bertz CT molecular complexity index is 1190. The Morgan fingerprint density at radius 3 is 2.60 bits per heavy atom. The van der Waals surface area contributed by atoms with Crippen molar-refractivity contribution in [1.82, 2.24) is 24.5 Å². The fourth-order valence-electron chi connectivity index (χ4n) is 3.02. The summed E-state index contributed by atoms with van der Waals surface area (Å²) in [7, 11) is 1.44. The van der Waals surface area contributed by atoms with E-state index in [4.69, 9.17) is 4.74 Å². The summed E-state index contributed by atoms with van der Waals surface area (Å²) >= 11 is 0. The highest BCUT2D eigenvalue weighted by atomic mass is 19.4. The van der Waals surface area contributed by atoms with Crippen LogP contribution in [0.25, 0.3) is 16.9 Å². The van der Waals surface area contributed by atoms with Crippen LogP contribution in [-0.4, -0.2) is 31.6 Å².